The van der Waals surface area contributed by atoms with E-state index in [-0.39, 0.29) is 18.6 Å². The molecule has 1 heterocycles. The van der Waals surface area contributed by atoms with Gasteiger partial charge in [-0.1, -0.05) is 12.8 Å². The van der Waals surface area contributed by atoms with Crippen LogP contribution in [-0.2, 0) is 4.79 Å². The molecule has 1 atom stereocenters. The summed E-state index contributed by atoms with van der Waals surface area (Å²) in [6.07, 6.45) is 7.30. The number of amides is 1. The van der Waals surface area contributed by atoms with E-state index in [1.54, 1.807) is 23.1 Å². The van der Waals surface area contributed by atoms with Crippen molar-refractivity contribution >= 4 is 5.91 Å². The van der Waals surface area contributed by atoms with Gasteiger partial charge in [0.05, 0.1) is 0 Å². The molecule has 0 saturated carbocycles. The molecular formula is C12H21N3O2. The molecule has 17 heavy (non-hydrogen) atoms. The Labute approximate surface area is 102 Å². The van der Waals surface area contributed by atoms with Crippen LogP contribution in [0.3, 0.4) is 0 Å². The van der Waals surface area contributed by atoms with Gasteiger partial charge in [0.25, 0.3) is 0 Å². The largest absolute Gasteiger partial charge is 0.396 e. The lowest BCUT2D eigenvalue weighted by molar-refractivity contribution is -0.124. The molecule has 1 aromatic heterocycles. The van der Waals surface area contributed by atoms with Gasteiger partial charge in [-0.3, -0.25) is 9.48 Å². The van der Waals surface area contributed by atoms with Crippen molar-refractivity contribution in [1.82, 2.24) is 15.1 Å². The van der Waals surface area contributed by atoms with Gasteiger partial charge in [0.1, 0.15) is 6.04 Å². The van der Waals surface area contributed by atoms with Crippen molar-refractivity contribution in [3.05, 3.63) is 18.5 Å². The maximum Gasteiger partial charge on any atom is 0.244 e. The number of aliphatic hydroxyl groups is 1. The van der Waals surface area contributed by atoms with Crippen LogP contribution >= 0.6 is 0 Å². The lowest BCUT2D eigenvalue weighted by Gasteiger charge is -2.12. The highest BCUT2D eigenvalue weighted by atomic mass is 16.2. The predicted octanol–water partition coefficient (Wildman–Crippen LogP) is 1.11. The van der Waals surface area contributed by atoms with Crippen molar-refractivity contribution in [3.8, 4) is 0 Å². The monoisotopic (exact) mass is 239 g/mol. The molecule has 0 spiro atoms. The Kier molecular flexibility index (Phi) is 6.32. The number of aromatic nitrogens is 2. The van der Waals surface area contributed by atoms with Crippen molar-refractivity contribution in [2.75, 3.05) is 13.2 Å². The highest BCUT2D eigenvalue weighted by Gasteiger charge is 2.13. The number of carbonyl (C=O) groups is 1. The fourth-order valence-electron chi connectivity index (χ4n) is 1.58. The van der Waals surface area contributed by atoms with E-state index in [4.69, 9.17) is 5.11 Å². The summed E-state index contributed by atoms with van der Waals surface area (Å²) < 4.78 is 1.64. The van der Waals surface area contributed by atoms with Crippen LogP contribution in [0, 0.1) is 0 Å². The van der Waals surface area contributed by atoms with E-state index in [1.807, 2.05) is 6.92 Å². The lowest BCUT2D eigenvalue weighted by atomic mass is 10.2. The minimum absolute atomic E-state index is 0.00384. The van der Waals surface area contributed by atoms with E-state index in [1.165, 1.54) is 0 Å². The first-order valence-electron chi connectivity index (χ1n) is 6.13. The van der Waals surface area contributed by atoms with Crippen LogP contribution in [0.5, 0.6) is 0 Å². The van der Waals surface area contributed by atoms with Gasteiger partial charge in [-0.25, -0.2) is 0 Å². The Morgan fingerprint density at radius 3 is 2.82 bits per heavy atom. The lowest BCUT2D eigenvalue weighted by Crippen LogP contribution is -2.31. The molecule has 0 saturated heterocycles. The summed E-state index contributed by atoms with van der Waals surface area (Å²) >= 11 is 0. The average Bonchev–Trinajstić information content (AvgIpc) is 2.86. The molecule has 1 unspecified atom stereocenters. The number of rotatable bonds is 8. The fourth-order valence-corrected chi connectivity index (χ4v) is 1.58. The second kappa shape index (κ2) is 7.84. The third-order valence-electron chi connectivity index (χ3n) is 2.69. The van der Waals surface area contributed by atoms with E-state index in [2.05, 4.69) is 10.4 Å². The zero-order chi connectivity index (χ0) is 12.5. The third kappa shape index (κ3) is 4.99. The van der Waals surface area contributed by atoms with E-state index < -0.39 is 0 Å². The van der Waals surface area contributed by atoms with Crippen LogP contribution in [0.2, 0.25) is 0 Å². The molecule has 0 aromatic carbocycles. The normalized spacial score (nSPS) is 12.4. The van der Waals surface area contributed by atoms with E-state index in [0.29, 0.717) is 6.54 Å². The van der Waals surface area contributed by atoms with Gasteiger partial charge in [-0.15, -0.1) is 0 Å². The molecule has 1 rings (SSSR count). The Morgan fingerprint density at radius 2 is 2.18 bits per heavy atom. The van der Waals surface area contributed by atoms with Gasteiger partial charge in [-0.05, 0) is 25.8 Å². The number of unbranched alkanes of at least 4 members (excludes halogenated alkanes) is 3. The number of nitrogens with one attached hydrogen (secondary N) is 1. The highest BCUT2D eigenvalue weighted by Crippen LogP contribution is 2.03. The van der Waals surface area contributed by atoms with Crippen molar-refractivity contribution in [1.29, 1.82) is 0 Å². The molecule has 5 heteroatoms. The smallest absolute Gasteiger partial charge is 0.244 e. The summed E-state index contributed by atoms with van der Waals surface area (Å²) in [5.41, 5.74) is 0. The fraction of sp³-hybridized carbons (Fsp3) is 0.667. The topological polar surface area (TPSA) is 67.2 Å². The molecule has 0 aliphatic heterocycles. The molecule has 5 nitrogen and oxygen atoms in total. The summed E-state index contributed by atoms with van der Waals surface area (Å²) in [4.78, 5) is 11.7. The van der Waals surface area contributed by atoms with Crippen molar-refractivity contribution in [3.63, 3.8) is 0 Å². The second-order valence-electron chi connectivity index (χ2n) is 4.09. The summed E-state index contributed by atoms with van der Waals surface area (Å²) in [6.45, 7) is 2.77. The molecule has 1 aromatic rings. The Balaban J connectivity index is 2.13. The molecule has 0 aliphatic carbocycles. The van der Waals surface area contributed by atoms with Crippen LogP contribution in [0.4, 0.5) is 0 Å². The van der Waals surface area contributed by atoms with Crippen LogP contribution in [-0.4, -0.2) is 33.9 Å². The predicted molar refractivity (Wildman–Crippen MR) is 65.5 cm³/mol. The molecule has 0 fully saturated rings. The summed E-state index contributed by atoms with van der Waals surface area (Å²) in [5, 5.41) is 15.5. The van der Waals surface area contributed by atoms with E-state index in [9.17, 15) is 4.79 Å². The van der Waals surface area contributed by atoms with Crippen LogP contribution in [0.15, 0.2) is 18.5 Å². The summed E-state index contributed by atoms with van der Waals surface area (Å²) in [6, 6.07) is 1.54. The van der Waals surface area contributed by atoms with Crippen LogP contribution in [0.25, 0.3) is 0 Å². The minimum atomic E-state index is -0.262. The number of hydrogen-bond donors (Lipinski definition) is 2. The van der Waals surface area contributed by atoms with Crippen molar-refractivity contribution in [2.45, 2.75) is 38.6 Å². The first-order chi connectivity index (χ1) is 8.25. The Hall–Kier alpha value is -1.36. The number of hydrogen-bond acceptors (Lipinski definition) is 3. The SMILES string of the molecule is CC(C(=O)NCCCCCCO)n1cccn1. The van der Waals surface area contributed by atoms with Gasteiger partial charge < -0.3 is 10.4 Å². The Bertz CT molecular complexity index is 312. The van der Waals surface area contributed by atoms with Gasteiger partial charge in [0.15, 0.2) is 0 Å². The van der Waals surface area contributed by atoms with E-state index in [0.717, 1.165) is 25.7 Å². The maximum absolute atomic E-state index is 11.7. The number of aliphatic hydroxyl groups excluding tert-OH is 1. The van der Waals surface area contributed by atoms with Crippen molar-refractivity contribution < 1.29 is 9.90 Å². The summed E-state index contributed by atoms with van der Waals surface area (Å²) in [5.74, 6) is -0.00384. The molecule has 0 bridgehead atoms. The zero-order valence-corrected chi connectivity index (χ0v) is 10.3. The summed E-state index contributed by atoms with van der Waals surface area (Å²) in [7, 11) is 0. The number of nitrogens with zero attached hydrogens (tertiary/aromatic N) is 2. The molecule has 1 amide bonds. The average molecular weight is 239 g/mol. The molecule has 0 radical (unpaired) electrons. The standard InChI is InChI=1S/C12H21N3O2/c1-11(15-9-6-8-14-15)12(17)13-7-4-2-3-5-10-16/h6,8-9,11,16H,2-5,7,10H2,1H3,(H,13,17). The van der Waals surface area contributed by atoms with Gasteiger partial charge >= 0.3 is 0 Å². The molecule has 0 aliphatic rings. The third-order valence-corrected chi connectivity index (χ3v) is 2.69. The van der Waals surface area contributed by atoms with Crippen LogP contribution < -0.4 is 5.32 Å². The van der Waals surface area contributed by atoms with Gasteiger partial charge in [0.2, 0.25) is 5.91 Å². The Morgan fingerprint density at radius 1 is 1.41 bits per heavy atom. The van der Waals surface area contributed by atoms with E-state index >= 15 is 0 Å². The minimum Gasteiger partial charge on any atom is -0.396 e. The first-order valence-corrected chi connectivity index (χ1v) is 6.13. The molecule has 96 valence electrons. The quantitative estimate of drug-likeness (QED) is 0.668. The van der Waals surface area contributed by atoms with Crippen LogP contribution in [0.1, 0.15) is 38.6 Å². The molecule has 2 N–H and O–H groups in total. The number of carbonyl (C=O) groups excluding carboxylic acids is 1. The van der Waals surface area contributed by atoms with Gasteiger partial charge in [-0.2, -0.15) is 5.10 Å². The highest BCUT2D eigenvalue weighted by molar-refractivity contribution is 5.79. The van der Waals surface area contributed by atoms with Crippen molar-refractivity contribution in [2.24, 2.45) is 0 Å². The maximum atomic E-state index is 11.7. The zero-order valence-electron chi connectivity index (χ0n) is 10.3. The van der Waals surface area contributed by atoms with Gasteiger partial charge in [0, 0.05) is 25.5 Å². The molecular weight excluding hydrogens is 218 g/mol. The first kappa shape index (κ1) is 13.7. The second-order valence-corrected chi connectivity index (χ2v) is 4.09.